The summed E-state index contributed by atoms with van der Waals surface area (Å²) in [7, 11) is -4.52. The van der Waals surface area contributed by atoms with Gasteiger partial charge in [-0.05, 0) is 70.6 Å². The van der Waals surface area contributed by atoms with Crippen LogP contribution in [0.4, 0.5) is 0 Å². The van der Waals surface area contributed by atoms with E-state index in [4.69, 9.17) is 23.6 Å². The smallest absolute Gasteiger partial charge is 0.457 e. The first kappa shape index (κ1) is 49.2. The fourth-order valence-corrected chi connectivity index (χ4v) is 5.70. The molecule has 296 valence electrons. The van der Waals surface area contributed by atoms with E-state index in [2.05, 4.69) is 74.6 Å². The van der Waals surface area contributed by atoms with Gasteiger partial charge in [-0.2, -0.15) is 0 Å². The highest BCUT2D eigenvalue weighted by Crippen LogP contribution is 2.43. The number of hydrogen-bond acceptors (Lipinski definition) is 8. The summed E-state index contributed by atoms with van der Waals surface area (Å²) < 4.78 is 33.2. The maximum Gasteiger partial charge on any atom is 0.472 e. The first-order valence-corrected chi connectivity index (χ1v) is 21.3. The zero-order valence-electron chi connectivity index (χ0n) is 32.1. The van der Waals surface area contributed by atoms with E-state index in [-0.39, 0.29) is 13.0 Å². The Hall–Kier alpha value is -1.84. The highest BCUT2D eigenvalue weighted by Gasteiger charge is 2.26. The lowest BCUT2D eigenvalue weighted by molar-refractivity contribution is -0.154. The molecule has 0 aliphatic heterocycles. The van der Waals surface area contributed by atoms with Crippen molar-refractivity contribution in [2.75, 3.05) is 33.0 Å². The molecule has 0 saturated heterocycles. The molecular weight excluding hydrogens is 667 g/mol. The summed E-state index contributed by atoms with van der Waals surface area (Å²) >= 11 is 0. The van der Waals surface area contributed by atoms with E-state index >= 15 is 0 Å². The Kier molecular flexibility index (Phi) is 36.5. The fraction of sp³-hybridized carbons (Fsp3) is 0.732. The van der Waals surface area contributed by atoms with Gasteiger partial charge in [-0.15, -0.1) is 0 Å². The van der Waals surface area contributed by atoms with Crippen molar-refractivity contribution >= 4 is 13.8 Å². The van der Waals surface area contributed by atoms with Gasteiger partial charge in [-0.3, -0.25) is 13.8 Å². The summed E-state index contributed by atoms with van der Waals surface area (Å²) in [6.07, 6.45) is 41.7. The van der Waals surface area contributed by atoms with Crippen LogP contribution in [0.25, 0.3) is 0 Å². The van der Waals surface area contributed by atoms with Crippen LogP contribution >= 0.6 is 7.82 Å². The molecular formula is C41H73O9P. The predicted octanol–water partition coefficient (Wildman–Crippen LogP) is 10.4. The second-order valence-electron chi connectivity index (χ2n) is 12.9. The minimum Gasteiger partial charge on any atom is -0.457 e. The maximum absolute atomic E-state index is 12.6. The van der Waals surface area contributed by atoms with Crippen LogP contribution in [0.2, 0.25) is 0 Å². The average molecular weight is 741 g/mol. The van der Waals surface area contributed by atoms with Crippen LogP contribution in [-0.2, 0) is 27.9 Å². The van der Waals surface area contributed by atoms with Gasteiger partial charge in [0.2, 0.25) is 0 Å². The van der Waals surface area contributed by atoms with Crippen LogP contribution in [0.3, 0.4) is 0 Å². The Balaban J connectivity index is 4.27. The molecule has 0 aliphatic carbocycles. The molecule has 10 heteroatoms. The molecule has 3 N–H and O–H groups in total. The zero-order valence-corrected chi connectivity index (χ0v) is 32.9. The van der Waals surface area contributed by atoms with Crippen LogP contribution in [0, 0.1) is 0 Å². The van der Waals surface area contributed by atoms with Gasteiger partial charge >= 0.3 is 13.8 Å². The lowest BCUT2D eigenvalue weighted by Crippen LogP contribution is -2.29. The standard InChI is InChI=1S/C41H73O9P/c1-3-5-7-9-11-13-15-17-19-20-22-24-26-28-30-32-34-47-37-40(38-49-51(45,46)48-36-39(43)35-42)50-41(44)33-31-29-27-25-23-21-18-16-14-12-10-8-6-4-2/h5,7,10-13,16-19,39-40,42-43H,3-4,6,8-9,14-15,20-38H2,1-2H3,(H,45,46)/b7-5-,12-10-,13-11-,18-16-,19-17-. The quantitative estimate of drug-likeness (QED) is 0.0246. The van der Waals surface area contributed by atoms with E-state index < -0.39 is 45.8 Å². The second kappa shape index (κ2) is 37.9. The normalized spacial score (nSPS) is 14.8. The van der Waals surface area contributed by atoms with E-state index in [1.807, 2.05) is 0 Å². The SMILES string of the molecule is CC/C=C\C/C=C\C/C=C\CCCCCCCCOCC(COP(=O)(O)OCC(O)CO)OC(=O)CCCCCCC/C=C\C/C=C\CCCC. The minimum absolute atomic E-state index is 0.0318. The van der Waals surface area contributed by atoms with E-state index in [0.717, 1.165) is 89.9 Å². The fourth-order valence-electron chi connectivity index (χ4n) is 4.91. The number of carbonyl (C=O) groups excluding carboxylic acids is 1. The van der Waals surface area contributed by atoms with Crippen molar-refractivity contribution in [3.63, 3.8) is 0 Å². The Bertz CT molecular complexity index is 976. The van der Waals surface area contributed by atoms with Gasteiger partial charge in [-0.1, -0.05) is 132 Å². The maximum atomic E-state index is 12.6. The number of allylic oxidation sites excluding steroid dienone is 10. The number of ether oxygens (including phenoxy) is 2. The molecule has 0 radical (unpaired) electrons. The number of aliphatic hydroxyl groups is 2. The molecule has 3 unspecified atom stereocenters. The van der Waals surface area contributed by atoms with E-state index in [1.54, 1.807) is 0 Å². The molecule has 3 atom stereocenters. The summed E-state index contributed by atoms with van der Waals surface area (Å²) in [5, 5.41) is 18.3. The molecule has 0 rings (SSSR count). The Morgan fingerprint density at radius 3 is 1.69 bits per heavy atom. The zero-order chi connectivity index (χ0) is 37.5. The highest BCUT2D eigenvalue weighted by atomic mass is 31.2. The molecule has 0 aliphatic rings. The third-order valence-electron chi connectivity index (χ3n) is 7.94. The number of esters is 1. The van der Waals surface area contributed by atoms with Crippen molar-refractivity contribution in [3.05, 3.63) is 60.8 Å². The Morgan fingerprint density at radius 2 is 1.12 bits per heavy atom. The molecule has 0 aromatic heterocycles. The molecule has 0 aromatic carbocycles. The van der Waals surface area contributed by atoms with Crippen LogP contribution < -0.4 is 0 Å². The molecule has 0 fully saturated rings. The molecule has 0 bridgehead atoms. The van der Waals surface area contributed by atoms with Crippen LogP contribution in [0.5, 0.6) is 0 Å². The van der Waals surface area contributed by atoms with Gasteiger partial charge in [0.1, 0.15) is 12.2 Å². The molecule has 0 spiro atoms. The molecule has 51 heavy (non-hydrogen) atoms. The lowest BCUT2D eigenvalue weighted by Gasteiger charge is -2.20. The van der Waals surface area contributed by atoms with Crippen LogP contribution in [0.15, 0.2) is 60.8 Å². The summed E-state index contributed by atoms with van der Waals surface area (Å²) in [6.45, 7) is 3.29. The first-order valence-electron chi connectivity index (χ1n) is 19.8. The third kappa shape index (κ3) is 37.7. The molecule has 9 nitrogen and oxygen atoms in total. The van der Waals surface area contributed by atoms with Crippen molar-refractivity contribution in [3.8, 4) is 0 Å². The summed E-state index contributed by atoms with van der Waals surface area (Å²) in [4.78, 5) is 22.5. The Labute approximate surface area is 310 Å². The largest absolute Gasteiger partial charge is 0.472 e. The number of unbranched alkanes of at least 4 members (excludes halogenated alkanes) is 13. The van der Waals surface area contributed by atoms with Gasteiger partial charge in [0.05, 0.1) is 26.4 Å². The molecule has 0 aromatic rings. The van der Waals surface area contributed by atoms with E-state index in [1.165, 1.54) is 32.1 Å². The number of carbonyl (C=O) groups is 1. The van der Waals surface area contributed by atoms with Gasteiger partial charge in [0, 0.05) is 13.0 Å². The topological polar surface area (TPSA) is 132 Å². The second-order valence-corrected chi connectivity index (χ2v) is 14.4. The highest BCUT2D eigenvalue weighted by molar-refractivity contribution is 7.47. The number of phosphoric ester groups is 1. The van der Waals surface area contributed by atoms with Crippen molar-refractivity contribution in [2.45, 2.75) is 161 Å². The van der Waals surface area contributed by atoms with E-state index in [0.29, 0.717) is 13.0 Å². The van der Waals surface area contributed by atoms with Gasteiger partial charge in [0.15, 0.2) is 0 Å². The van der Waals surface area contributed by atoms with Crippen molar-refractivity contribution in [1.29, 1.82) is 0 Å². The van der Waals surface area contributed by atoms with Crippen molar-refractivity contribution < 1.29 is 43.0 Å². The molecule has 0 heterocycles. The van der Waals surface area contributed by atoms with Crippen molar-refractivity contribution in [2.24, 2.45) is 0 Å². The van der Waals surface area contributed by atoms with Crippen LogP contribution in [0.1, 0.15) is 149 Å². The average Bonchev–Trinajstić information content (AvgIpc) is 3.12. The van der Waals surface area contributed by atoms with Gasteiger partial charge in [-0.25, -0.2) is 4.57 Å². The molecule has 0 amide bonds. The Morgan fingerprint density at radius 1 is 0.627 bits per heavy atom. The summed E-state index contributed by atoms with van der Waals surface area (Å²) in [5.74, 6) is -0.405. The minimum atomic E-state index is -4.52. The summed E-state index contributed by atoms with van der Waals surface area (Å²) in [6, 6.07) is 0. The molecule has 0 saturated carbocycles. The van der Waals surface area contributed by atoms with Crippen LogP contribution in [-0.4, -0.2) is 66.3 Å². The predicted molar refractivity (Wildman–Crippen MR) is 210 cm³/mol. The van der Waals surface area contributed by atoms with Crippen molar-refractivity contribution in [1.82, 2.24) is 0 Å². The van der Waals surface area contributed by atoms with E-state index in [9.17, 15) is 19.4 Å². The lowest BCUT2D eigenvalue weighted by atomic mass is 10.1. The third-order valence-corrected chi connectivity index (χ3v) is 8.89. The number of rotatable bonds is 37. The summed E-state index contributed by atoms with van der Waals surface area (Å²) in [5.41, 5.74) is 0. The number of hydrogen-bond donors (Lipinski definition) is 3. The first-order chi connectivity index (χ1) is 24.8. The van der Waals surface area contributed by atoms with Gasteiger partial charge in [0.25, 0.3) is 0 Å². The monoisotopic (exact) mass is 740 g/mol. The van der Waals surface area contributed by atoms with Gasteiger partial charge < -0.3 is 24.6 Å². The number of phosphoric acid groups is 1. The number of aliphatic hydroxyl groups excluding tert-OH is 2.